The minimum Gasteiger partial charge on any atom is -0.508 e. The van der Waals surface area contributed by atoms with Crippen molar-refractivity contribution in [1.82, 2.24) is 0 Å². The largest absolute Gasteiger partial charge is 0.508 e. The van der Waals surface area contributed by atoms with E-state index in [1.807, 2.05) is 0 Å². The van der Waals surface area contributed by atoms with Crippen LogP contribution in [0.15, 0.2) is 24.3 Å². The summed E-state index contributed by atoms with van der Waals surface area (Å²) >= 11 is 0. The van der Waals surface area contributed by atoms with Crippen LogP contribution in [0.2, 0.25) is 0 Å². The van der Waals surface area contributed by atoms with E-state index in [9.17, 15) is 9.90 Å². The van der Waals surface area contributed by atoms with Crippen molar-refractivity contribution in [2.24, 2.45) is 11.7 Å². The third-order valence-corrected chi connectivity index (χ3v) is 3.63. The molecular formula is C15H21NO3. The Balaban J connectivity index is 1.76. The zero-order valence-corrected chi connectivity index (χ0v) is 11.0. The summed E-state index contributed by atoms with van der Waals surface area (Å²) in [7, 11) is 0. The molecule has 0 heterocycles. The normalized spacial score (nSPS) is 17.3. The van der Waals surface area contributed by atoms with Gasteiger partial charge in [-0.1, -0.05) is 25.0 Å². The number of esters is 1. The van der Waals surface area contributed by atoms with Gasteiger partial charge in [-0.25, -0.2) is 0 Å². The van der Waals surface area contributed by atoms with Crippen LogP contribution < -0.4 is 5.73 Å². The number of hydrogen-bond donors (Lipinski definition) is 2. The summed E-state index contributed by atoms with van der Waals surface area (Å²) in [4.78, 5) is 11.8. The second-order valence-electron chi connectivity index (χ2n) is 5.26. The van der Waals surface area contributed by atoms with Gasteiger partial charge in [0.1, 0.15) is 11.8 Å². The molecule has 0 aromatic heterocycles. The molecule has 1 aliphatic carbocycles. The highest BCUT2D eigenvalue weighted by atomic mass is 16.5. The molecule has 1 aromatic carbocycles. The third-order valence-electron chi connectivity index (χ3n) is 3.63. The monoisotopic (exact) mass is 263 g/mol. The number of carbonyl (C=O) groups excluding carboxylic acids is 1. The molecule has 1 saturated carbocycles. The quantitative estimate of drug-likeness (QED) is 0.797. The maximum absolute atomic E-state index is 11.8. The molecule has 3 N–H and O–H groups in total. The van der Waals surface area contributed by atoms with Crippen molar-refractivity contribution in [3.05, 3.63) is 29.8 Å². The first-order chi connectivity index (χ1) is 9.15. The Bertz CT molecular complexity index is 410. The number of hydrogen-bond acceptors (Lipinski definition) is 4. The molecule has 1 aromatic rings. The van der Waals surface area contributed by atoms with Crippen LogP contribution >= 0.6 is 0 Å². The Morgan fingerprint density at radius 3 is 2.58 bits per heavy atom. The van der Waals surface area contributed by atoms with E-state index in [2.05, 4.69) is 0 Å². The van der Waals surface area contributed by atoms with Crippen LogP contribution in [0.4, 0.5) is 0 Å². The Hall–Kier alpha value is -1.55. The standard InChI is InChI=1S/C15H21NO3/c16-14(9-11-5-7-13(17)8-6-11)15(18)19-10-12-3-1-2-4-12/h5-8,12,14,17H,1-4,9-10,16H2. The van der Waals surface area contributed by atoms with Gasteiger partial charge >= 0.3 is 5.97 Å². The molecule has 104 valence electrons. The summed E-state index contributed by atoms with van der Waals surface area (Å²) in [5, 5.41) is 9.18. The minimum absolute atomic E-state index is 0.209. The van der Waals surface area contributed by atoms with Crippen molar-refractivity contribution in [3.8, 4) is 5.75 Å². The first-order valence-corrected chi connectivity index (χ1v) is 6.85. The molecule has 19 heavy (non-hydrogen) atoms. The summed E-state index contributed by atoms with van der Waals surface area (Å²) in [5.41, 5.74) is 6.75. The molecule has 4 nitrogen and oxygen atoms in total. The lowest BCUT2D eigenvalue weighted by Gasteiger charge is -2.14. The predicted octanol–water partition coefficient (Wildman–Crippen LogP) is 2.00. The van der Waals surface area contributed by atoms with Crippen LogP contribution in [0.1, 0.15) is 31.2 Å². The van der Waals surface area contributed by atoms with E-state index in [4.69, 9.17) is 10.5 Å². The van der Waals surface area contributed by atoms with E-state index in [0.29, 0.717) is 18.9 Å². The van der Waals surface area contributed by atoms with Crippen molar-refractivity contribution in [2.75, 3.05) is 6.61 Å². The fraction of sp³-hybridized carbons (Fsp3) is 0.533. The van der Waals surface area contributed by atoms with Crippen molar-refractivity contribution in [3.63, 3.8) is 0 Å². The minimum atomic E-state index is -0.633. The molecule has 1 atom stereocenters. The number of carbonyl (C=O) groups is 1. The first-order valence-electron chi connectivity index (χ1n) is 6.85. The van der Waals surface area contributed by atoms with Gasteiger partial charge in [-0.05, 0) is 42.9 Å². The van der Waals surface area contributed by atoms with E-state index in [0.717, 1.165) is 18.4 Å². The van der Waals surface area contributed by atoms with Crippen LogP contribution in [0.3, 0.4) is 0 Å². The molecule has 0 radical (unpaired) electrons. The molecular weight excluding hydrogens is 242 g/mol. The van der Waals surface area contributed by atoms with Crippen LogP contribution in [0, 0.1) is 5.92 Å². The molecule has 0 saturated heterocycles. The number of aromatic hydroxyl groups is 1. The summed E-state index contributed by atoms with van der Waals surface area (Å²) in [6, 6.07) is 6.07. The maximum Gasteiger partial charge on any atom is 0.323 e. The Labute approximate surface area is 113 Å². The molecule has 1 unspecified atom stereocenters. The van der Waals surface area contributed by atoms with Crippen molar-refractivity contribution in [2.45, 2.75) is 38.1 Å². The summed E-state index contributed by atoms with van der Waals surface area (Å²) in [6.07, 6.45) is 5.22. The summed E-state index contributed by atoms with van der Waals surface area (Å²) in [5.74, 6) is 0.394. The Kier molecular flexibility index (Phi) is 4.80. The lowest BCUT2D eigenvalue weighted by Crippen LogP contribution is -2.35. The maximum atomic E-state index is 11.8. The van der Waals surface area contributed by atoms with Crippen LogP contribution in [0.5, 0.6) is 5.75 Å². The highest BCUT2D eigenvalue weighted by Crippen LogP contribution is 2.24. The number of rotatable bonds is 5. The predicted molar refractivity (Wildman–Crippen MR) is 72.7 cm³/mol. The van der Waals surface area contributed by atoms with Gasteiger partial charge in [0.15, 0.2) is 0 Å². The number of phenols is 1. The fourth-order valence-corrected chi connectivity index (χ4v) is 2.45. The average Bonchev–Trinajstić information content (AvgIpc) is 2.91. The highest BCUT2D eigenvalue weighted by molar-refractivity contribution is 5.75. The number of nitrogens with two attached hydrogens (primary N) is 1. The molecule has 4 heteroatoms. The zero-order valence-electron chi connectivity index (χ0n) is 11.0. The first kappa shape index (κ1) is 13.9. The van der Waals surface area contributed by atoms with Gasteiger partial charge in [-0.15, -0.1) is 0 Å². The molecule has 2 rings (SSSR count). The number of benzene rings is 1. The van der Waals surface area contributed by atoms with E-state index in [-0.39, 0.29) is 11.7 Å². The molecule has 1 fully saturated rings. The molecule has 0 spiro atoms. The molecule has 0 amide bonds. The fourth-order valence-electron chi connectivity index (χ4n) is 2.45. The Morgan fingerprint density at radius 1 is 1.32 bits per heavy atom. The van der Waals surface area contributed by atoms with Crippen LogP contribution in [0.25, 0.3) is 0 Å². The van der Waals surface area contributed by atoms with Crippen molar-refractivity contribution >= 4 is 5.97 Å². The Morgan fingerprint density at radius 2 is 1.95 bits per heavy atom. The molecule has 0 bridgehead atoms. The van der Waals surface area contributed by atoms with Gasteiger partial charge in [0.2, 0.25) is 0 Å². The van der Waals surface area contributed by atoms with Crippen LogP contribution in [-0.4, -0.2) is 23.7 Å². The topological polar surface area (TPSA) is 72.5 Å². The van der Waals surface area contributed by atoms with E-state index >= 15 is 0 Å². The van der Waals surface area contributed by atoms with Gasteiger partial charge in [0, 0.05) is 0 Å². The lowest BCUT2D eigenvalue weighted by atomic mass is 10.1. The van der Waals surface area contributed by atoms with Crippen molar-refractivity contribution in [1.29, 1.82) is 0 Å². The smallest absolute Gasteiger partial charge is 0.323 e. The van der Waals surface area contributed by atoms with Gasteiger partial charge < -0.3 is 15.6 Å². The van der Waals surface area contributed by atoms with Crippen molar-refractivity contribution < 1.29 is 14.6 Å². The average molecular weight is 263 g/mol. The SMILES string of the molecule is NC(Cc1ccc(O)cc1)C(=O)OCC1CCCC1. The third kappa shape index (κ3) is 4.24. The highest BCUT2D eigenvalue weighted by Gasteiger charge is 2.20. The van der Waals surface area contributed by atoms with Gasteiger partial charge in [0.25, 0.3) is 0 Å². The molecule has 0 aliphatic heterocycles. The lowest BCUT2D eigenvalue weighted by molar-refractivity contribution is -0.146. The van der Waals surface area contributed by atoms with E-state index in [1.54, 1.807) is 24.3 Å². The summed E-state index contributed by atoms with van der Waals surface area (Å²) in [6.45, 7) is 0.502. The summed E-state index contributed by atoms with van der Waals surface area (Å²) < 4.78 is 5.27. The van der Waals surface area contributed by atoms with Gasteiger partial charge in [0.05, 0.1) is 6.61 Å². The molecule has 1 aliphatic rings. The van der Waals surface area contributed by atoms with E-state index < -0.39 is 6.04 Å². The van der Waals surface area contributed by atoms with E-state index in [1.165, 1.54) is 12.8 Å². The number of ether oxygens (including phenoxy) is 1. The zero-order chi connectivity index (χ0) is 13.7. The number of phenolic OH excluding ortho intramolecular Hbond substituents is 1. The van der Waals surface area contributed by atoms with Crippen LogP contribution in [-0.2, 0) is 16.0 Å². The second-order valence-corrected chi connectivity index (χ2v) is 5.26. The second kappa shape index (κ2) is 6.57. The van der Waals surface area contributed by atoms with Gasteiger partial charge in [-0.3, -0.25) is 4.79 Å². The van der Waals surface area contributed by atoms with Gasteiger partial charge in [-0.2, -0.15) is 0 Å².